The Bertz CT molecular complexity index is 1270. The largest absolute Gasteiger partial charge is 0.479 e. The molecule has 0 aromatic heterocycles. The summed E-state index contributed by atoms with van der Waals surface area (Å²) in [6, 6.07) is 8.06. The molecule has 2 aromatic rings. The molecule has 1 unspecified atom stereocenters. The Balaban J connectivity index is 2.26. The SMILES string of the molecule is CC(C)OC(=O)Nc1cccc(C2(C(=O)O)N=c3c(F)cc(Cl)cc3=C2C=CC(=O)O)c1. The number of halogens is 2. The van der Waals surface area contributed by atoms with Gasteiger partial charge in [-0.1, -0.05) is 23.7 Å². The van der Waals surface area contributed by atoms with Gasteiger partial charge in [0.1, 0.15) is 5.36 Å². The second-order valence-electron chi connectivity index (χ2n) is 7.16. The second kappa shape index (κ2) is 8.80. The number of fused-ring (bicyclic) bond motifs is 1. The highest BCUT2D eigenvalue weighted by molar-refractivity contribution is 6.30. The maximum atomic E-state index is 14.6. The number of anilines is 1. The quantitative estimate of drug-likeness (QED) is 0.569. The van der Waals surface area contributed by atoms with Gasteiger partial charge in [0.2, 0.25) is 5.54 Å². The molecule has 0 radical (unpaired) electrons. The third-order valence-corrected chi connectivity index (χ3v) is 4.78. The molecule has 32 heavy (non-hydrogen) atoms. The van der Waals surface area contributed by atoms with Crippen LogP contribution in [0.3, 0.4) is 0 Å². The minimum atomic E-state index is -2.18. The molecule has 1 aliphatic rings. The summed E-state index contributed by atoms with van der Waals surface area (Å²) in [5.74, 6) is -3.66. The second-order valence-corrected chi connectivity index (χ2v) is 7.59. The fourth-order valence-electron chi connectivity index (χ4n) is 3.36. The number of carbonyl (C=O) groups is 3. The molecule has 0 bridgehead atoms. The Morgan fingerprint density at radius 3 is 2.56 bits per heavy atom. The van der Waals surface area contributed by atoms with Crippen LogP contribution >= 0.6 is 11.6 Å². The Kier molecular flexibility index (Phi) is 6.31. The van der Waals surface area contributed by atoms with Crippen molar-refractivity contribution in [1.29, 1.82) is 0 Å². The lowest BCUT2D eigenvalue weighted by atomic mass is 9.82. The summed E-state index contributed by atoms with van der Waals surface area (Å²) >= 11 is 5.96. The van der Waals surface area contributed by atoms with Gasteiger partial charge in [0.25, 0.3) is 0 Å². The Labute approximate surface area is 186 Å². The first-order valence-electron chi connectivity index (χ1n) is 9.37. The molecule has 1 atom stereocenters. The first-order chi connectivity index (χ1) is 15.0. The van der Waals surface area contributed by atoms with Crippen molar-refractivity contribution in [2.75, 3.05) is 5.32 Å². The highest BCUT2D eigenvalue weighted by Gasteiger charge is 2.46. The molecule has 166 valence electrons. The number of nitrogens with zero attached hydrogens (tertiary/aromatic N) is 1. The van der Waals surface area contributed by atoms with E-state index in [9.17, 15) is 23.9 Å². The topological polar surface area (TPSA) is 125 Å². The molecule has 0 saturated carbocycles. The van der Waals surface area contributed by atoms with Crippen molar-refractivity contribution < 1.29 is 33.7 Å². The van der Waals surface area contributed by atoms with Crippen LogP contribution in [-0.2, 0) is 19.9 Å². The number of benzene rings is 2. The van der Waals surface area contributed by atoms with E-state index in [1.165, 1.54) is 30.3 Å². The van der Waals surface area contributed by atoms with Crippen molar-refractivity contribution in [3.63, 3.8) is 0 Å². The summed E-state index contributed by atoms with van der Waals surface area (Å²) in [5.41, 5.74) is -2.01. The third kappa shape index (κ3) is 4.33. The molecule has 1 heterocycles. The van der Waals surface area contributed by atoms with Gasteiger partial charge in [0.15, 0.2) is 5.82 Å². The number of carboxylic acids is 2. The lowest BCUT2D eigenvalue weighted by Gasteiger charge is -2.25. The number of hydrogen-bond donors (Lipinski definition) is 3. The van der Waals surface area contributed by atoms with E-state index in [1.807, 2.05) is 0 Å². The Morgan fingerprint density at radius 2 is 1.94 bits per heavy atom. The number of hydrogen-bond acceptors (Lipinski definition) is 5. The summed E-state index contributed by atoms with van der Waals surface area (Å²) in [4.78, 5) is 39.8. The van der Waals surface area contributed by atoms with E-state index >= 15 is 0 Å². The molecule has 0 spiro atoms. The summed E-state index contributed by atoms with van der Waals surface area (Å²) in [6.07, 6.45) is 0.658. The molecule has 0 saturated heterocycles. The zero-order valence-corrected chi connectivity index (χ0v) is 17.7. The minimum Gasteiger partial charge on any atom is -0.479 e. The fraction of sp³-hybridized carbons (Fsp3) is 0.182. The van der Waals surface area contributed by atoms with Gasteiger partial charge >= 0.3 is 18.0 Å². The summed E-state index contributed by atoms with van der Waals surface area (Å²) < 4.78 is 19.6. The number of nitrogens with one attached hydrogen (secondary N) is 1. The van der Waals surface area contributed by atoms with E-state index in [-0.39, 0.29) is 38.5 Å². The number of carbonyl (C=O) groups excluding carboxylic acids is 1. The highest BCUT2D eigenvalue weighted by atomic mass is 35.5. The molecule has 1 amide bonds. The van der Waals surface area contributed by atoms with Crippen LogP contribution in [0.15, 0.2) is 53.5 Å². The maximum Gasteiger partial charge on any atom is 0.411 e. The van der Waals surface area contributed by atoms with Crippen LogP contribution in [0.25, 0.3) is 5.57 Å². The number of amides is 1. The molecule has 2 aromatic carbocycles. The van der Waals surface area contributed by atoms with Crippen molar-refractivity contribution in [2.24, 2.45) is 4.99 Å². The Hall–Kier alpha value is -3.72. The first kappa shape index (κ1) is 23.0. The fourth-order valence-corrected chi connectivity index (χ4v) is 3.57. The zero-order valence-electron chi connectivity index (χ0n) is 16.9. The van der Waals surface area contributed by atoms with Gasteiger partial charge in [-0.25, -0.2) is 18.8 Å². The summed E-state index contributed by atoms with van der Waals surface area (Å²) in [5, 5.41) is 21.6. The predicted octanol–water partition coefficient (Wildman–Crippen LogP) is 2.84. The van der Waals surface area contributed by atoms with E-state index in [0.29, 0.717) is 0 Å². The molecule has 3 rings (SSSR count). The van der Waals surface area contributed by atoms with E-state index in [4.69, 9.17) is 21.4 Å². The van der Waals surface area contributed by atoms with Crippen molar-refractivity contribution >= 4 is 40.9 Å². The molecule has 8 nitrogen and oxygen atoms in total. The average molecular weight is 461 g/mol. The van der Waals surface area contributed by atoms with Gasteiger partial charge in [-0.3, -0.25) is 10.3 Å². The number of ether oxygens (including phenoxy) is 1. The van der Waals surface area contributed by atoms with Crippen molar-refractivity contribution in [3.05, 3.63) is 75.5 Å². The molecular formula is C22H18ClFN2O6. The van der Waals surface area contributed by atoms with E-state index < -0.39 is 29.4 Å². The normalized spacial score (nSPS) is 17.2. The predicted molar refractivity (Wildman–Crippen MR) is 113 cm³/mol. The minimum absolute atomic E-state index is 0.00860. The highest BCUT2D eigenvalue weighted by Crippen LogP contribution is 2.38. The summed E-state index contributed by atoms with van der Waals surface area (Å²) in [7, 11) is 0. The third-order valence-electron chi connectivity index (χ3n) is 4.56. The molecule has 3 N–H and O–H groups in total. The van der Waals surface area contributed by atoms with Gasteiger partial charge in [-0.05, 0) is 49.8 Å². The lowest BCUT2D eigenvalue weighted by Crippen LogP contribution is -2.34. The number of carboxylic acid groups (broad SMARTS) is 2. The molecule has 0 aliphatic carbocycles. The smallest absolute Gasteiger partial charge is 0.411 e. The van der Waals surface area contributed by atoms with Crippen LogP contribution in [0.4, 0.5) is 14.9 Å². The number of aliphatic carboxylic acids is 2. The van der Waals surface area contributed by atoms with Gasteiger partial charge in [-0.2, -0.15) is 0 Å². The van der Waals surface area contributed by atoms with Crippen molar-refractivity contribution in [2.45, 2.75) is 25.5 Å². The van der Waals surface area contributed by atoms with E-state index in [0.717, 1.165) is 18.2 Å². The van der Waals surface area contributed by atoms with Crippen LogP contribution in [0.1, 0.15) is 19.4 Å². The van der Waals surface area contributed by atoms with Crippen LogP contribution in [0, 0.1) is 5.82 Å². The molecular weight excluding hydrogens is 443 g/mol. The lowest BCUT2D eigenvalue weighted by molar-refractivity contribution is -0.141. The molecule has 0 fully saturated rings. The van der Waals surface area contributed by atoms with Crippen molar-refractivity contribution in [1.82, 2.24) is 0 Å². The van der Waals surface area contributed by atoms with Crippen LogP contribution in [-0.4, -0.2) is 34.3 Å². The Morgan fingerprint density at radius 1 is 1.22 bits per heavy atom. The van der Waals surface area contributed by atoms with Gasteiger partial charge in [-0.15, -0.1) is 0 Å². The van der Waals surface area contributed by atoms with Gasteiger partial charge in [0, 0.05) is 27.6 Å². The van der Waals surface area contributed by atoms with E-state index in [1.54, 1.807) is 13.8 Å². The monoisotopic (exact) mass is 460 g/mol. The zero-order chi connectivity index (χ0) is 23.6. The van der Waals surface area contributed by atoms with E-state index in [2.05, 4.69) is 10.3 Å². The van der Waals surface area contributed by atoms with Crippen LogP contribution < -0.4 is 15.9 Å². The molecule has 10 heteroatoms. The van der Waals surface area contributed by atoms with Crippen molar-refractivity contribution in [3.8, 4) is 0 Å². The summed E-state index contributed by atoms with van der Waals surface area (Å²) in [6.45, 7) is 3.33. The average Bonchev–Trinajstić information content (AvgIpc) is 3.01. The first-order valence-corrected chi connectivity index (χ1v) is 9.74. The van der Waals surface area contributed by atoms with Crippen LogP contribution in [0.2, 0.25) is 5.02 Å². The van der Waals surface area contributed by atoms with Gasteiger partial charge in [0.05, 0.1) is 6.10 Å². The maximum absolute atomic E-state index is 14.6. The van der Waals surface area contributed by atoms with Gasteiger partial charge < -0.3 is 14.9 Å². The number of rotatable bonds is 6. The van der Waals surface area contributed by atoms with Crippen LogP contribution in [0.5, 0.6) is 0 Å². The molecule has 1 aliphatic heterocycles. The standard InChI is InChI=1S/C22H18ClFN2O6/c1-11(2)32-21(31)25-14-5-3-4-12(8-14)22(20(29)30)16(6-7-18(27)28)15-9-13(23)10-17(24)19(15)26-22/h3-11H,1-2H3,(H,25,31)(H,27,28)(H,29,30).